The van der Waals surface area contributed by atoms with Gasteiger partial charge in [0.15, 0.2) is 0 Å². The number of sulfone groups is 1. The first-order valence-electron chi connectivity index (χ1n) is 54.9. The topological polar surface area (TPSA) is 295 Å². The van der Waals surface area contributed by atoms with Crippen LogP contribution < -0.4 is 21.3 Å². The molecular weight excluding hydrogens is 1810 g/mol. The molecule has 7 heterocycles. The summed E-state index contributed by atoms with van der Waals surface area (Å²) in [6.07, 6.45) is 38.8. The molecule has 1 saturated heterocycles. The van der Waals surface area contributed by atoms with Gasteiger partial charge < -0.3 is 54.1 Å². The van der Waals surface area contributed by atoms with Crippen molar-refractivity contribution in [3.63, 3.8) is 0 Å². The number of hydrogen-bond acceptors (Lipinski definition) is 15. The average molecular weight is 1970 g/mol. The van der Waals surface area contributed by atoms with Crippen LogP contribution in [0.25, 0.3) is 45.3 Å². The van der Waals surface area contributed by atoms with Crippen LogP contribution in [0.3, 0.4) is 0 Å². The van der Waals surface area contributed by atoms with E-state index in [1.807, 2.05) is 6.07 Å². The number of nitrogens with zero attached hydrogens (tertiary/aromatic N) is 8. The highest BCUT2D eigenvalue weighted by atomic mass is 32.2. The number of ether oxygens (including phenoxy) is 2. The van der Waals surface area contributed by atoms with E-state index in [9.17, 15) is 42.3 Å². The van der Waals surface area contributed by atoms with Gasteiger partial charge in [0.2, 0.25) is 0 Å². The molecule has 0 radical (unpaired) electrons. The zero-order chi connectivity index (χ0) is 102. The summed E-state index contributed by atoms with van der Waals surface area (Å²) in [4.78, 5) is 95.2. The van der Waals surface area contributed by atoms with E-state index in [2.05, 4.69) is 219 Å². The van der Waals surface area contributed by atoms with Gasteiger partial charge in [0.1, 0.15) is 33.7 Å². The second kappa shape index (κ2) is 43.1. The maximum absolute atomic E-state index is 13.5. The molecule has 0 atom stereocenters. The van der Waals surface area contributed by atoms with Crippen LogP contribution in [0.15, 0.2) is 60.7 Å². The van der Waals surface area contributed by atoms with E-state index in [0.717, 1.165) is 154 Å². The summed E-state index contributed by atoms with van der Waals surface area (Å²) < 4.78 is 43.2. The molecule has 6 aromatic heterocycles. The molecule has 23 nitrogen and oxygen atoms in total. The molecule has 1 aliphatic heterocycles. The van der Waals surface area contributed by atoms with Crippen molar-refractivity contribution in [3.05, 3.63) is 162 Å². The zero-order valence-corrected chi connectivity index (χ0v) is 90.9. The first kappa shape index (κ1) is 106. The molecule has 0 bridgehead atoms. The first-order valence-corrected chi connectivity index (χ1v) is 56.7. The minimum atomic E-state index is -2.95. The Kier molecular flexibility index (Phi) is 32.0. The number of aryl methyl sites for hydroxylation is 2. The van der Waals surface area contributed by atoms with E-state index < -0.39 is 15.4 Å². The zero-order valence-electron chi connectivity index (χ0n) is 90.1. The number of rotatable bonds is 29. The van der Waals surface area contributed by atoms with Crippen molar-refractivity contribution in [1.82, 2.24) is 59.5 Å². The molecule has 0 spiro atoms. The van der Waals surface area contributed by atoms with Crippen LogP contribution in [0.4, 0.5) is 0 Å². The molecule has 10 saturated carbocycles. The van der Waals surface area contributed by atoms with Crippen molar-refractivity contribution in [2.24, 2.45) is 23.7 Å². The molecule has 4 amide bonds. The molecule has 0 unspecified atom stereocenters. The summed E-state index contributed by atoms with van der Waals surface area (Å²) in [6.45, 7) is 47.7. The Labute approximate surface area is 852 Å². The largest absolute Gasteiger partial charge is 0.464 e. The molecule has 776 valence electrons. The molecule has 10 aliphatic carbocycles. The van der Waals surface area contributed by atoms with Gasteiger partial charge in [0.05, 0.1) is 73.5 Å². The molecule has 19 rings (SSSR count). The Balaban J connectivity index is 0.000000137. The first-order chi connectivity index (χ1) is 67.7. The van der Waals surface area contributed by atoms with Crippen LogP contribution in [0, 0.1) is 79.1 Å². The van der Waals surface area contributed by atoms with Crippen molar-refractivity contribution in [1.29, 1.82) is 0 Å². The third kappa shape index (κ3) is 25.3. The number of aromatic nitrogens is 8. The standard InChI is InChI=1S/C31H44N4O3.C30H46N4O2.C29H40N2O3S.C29H38N2O3/c1-19-26(33-29(30(3,4)5)34-27(19)31(6)12-13-31)25-16-24(28(37)32-22-14-23(15-22)38-18-36)20(2)35(25)17-21-10-8-7-9-11-21;1-19-24(32-27(28(3,4)5)33-25(19)30(8)14-15-30)23-16-22(26(35)31-18-29(6,7)36)20(2)34(23)17-21-12-10-9-11-13-21;1-20-15-23(17-24(16-20)29(3)11-12-29)27-18-26(21(2)31(27)19-22-7-5-4-6-8-22)28(32)30-25-9-13-35(33,34)14-10-25;1-19-11-22(13-23(12-19)29(3)9-10-29)27-16-26(28(33)30-24-14-25(15-24)34-18-32)20(2)31(27)17-21-7-5-4-6-8-21/h16,18,21-23H,7-15,17H2,1-6H3,(H,32,37);16,21,36H,9-15,17-18H2,1-8H3,(H,31,35);15-18,22,25H,4-14,19H2,1-3H3,(H,30,32);11-13,16,18,21,24-25H,4-10,14-15,17H2,1-3H3,(H,30,33). The van der Waals surface area contributed by atoms with Gasteiger partial charge in [-0.3, -0.25) is 28.8 Å². The van der Waals surface area contributed by atoms with E-state index in [4.69, 9.17) is 29.4 Å². The predicted octanol–water partition coefficient (Wildman–Crippen LogP) is 23.5. The van der Waals surface area contributed by atoms with Crippen LogP contribution >= 0.6 is 0 Å². The highest BCUT2D eigenvalue weighted by molar-refractivity contribution is 7.91. The quantitative estimate of drug-likeness (QED) is 0.0272. The number of hydrogen-bond donors (Lipinski definition) is 5. The Hall–Kier alpha value is -9.55. The summed E-state index contributed by atoms with van der Waals surface area (Å²) >= 11 is 0. The van der Waals surface area contributed by atoms with Crippen LogP contribution in [0.5, 0.6) is 0 Å². The van der Waals surface area contributed by atoms with E-state index in [1.54, 1.807) is 13.8 Å². The molecule has 11 fully saturated rings. The van der Waals surface area contributed by atoms with E-state index in [-0.39, 0.29) is 99.1 Å². The second-order valence-electron chi connectivity index (χ2n) is 49.6. The lowest BCUT2D eigenvalue weighted by atomic mass is 9.89. The van der Waals surface area contributed by atoms with E-state index in [0.29, 0.717) is 91.7 Å². The number of carbonyl (C=O) groups excluding carboxylic acids is 6. The number of nitrogens with one attached hydrogen (secondary N) is 4. The second-order valence-corrected chi connectivity index (χ2v) is 51.9. The minimum Gasteiger partial charge on any atom is -0.464 e. The Morgan fingerprint density at radius 1 is 0.392 bits per heavy atom. The van der Waals surface area contributed by atoms with Crippen molar-refractivity contribution < 1.29 is 51.8 Å². The number of aliphatic hydroxyl groups is 1. The summed E-state index contributed by atoms with van der Waals surface area (Å²) in [5.41, 5.74) is 25.1. The summed E-state index contributed by atoms with van der Waals surface area (Å²) in [5.74, 6) is 4.32. The number of carbonyl (C=O) groups is 6. The van der Waals surface area contributed by atoms with Crippen LogP contribution in [-0.4, -0.2) is 142 Å². The SMILES string of the molecule is Cc1c(-c2cc(C(=O)NC3CC(OC=O)C3)c(C)n2CC2CCCCC2)nc(C(C)(C)C)nc1C1(C)CC1.Cc1c(-c2cc(C(=O)NCC(C)(C)O)c(C)n2CC2CCCCC2)nc(C(C)(C)C)nc1C1(C)CC1.Cc1cc(-c2cc(C(=O)NC3CC(OC=O)C3)c(C)n2CC2CCCCC2)cc(C2(C)CC2)c1.Cc1cc(-c2cc(C(=O)NC3CCS(=O)(=O)CC3)c(C)n2CC2CCCCC2)cc(C2(C)CC2)c1. The molecule has 8 aromatic rings. The highest BCUT2D eigenvalue weighted by Crippen LogP contribution is 2.54. The van der Waals surface area contributed by atoms with Gasteiger partial charge in [-0.15, -0.1) is 0 Å². The number of amides is 4. The summed E-state index contributed by atoms with van der Waals surface area (Å²) in [7, 11) is -2.95. The summed E-state index contributed by atoms with van der Waals surface area (Å²) in [5, 5.41) is 22.6. The summed E-state index contributed by atoms with van der Waals surface area (Å²) in [6, 6.07) is 22.2. The molecule has 143 heavy (non-hydrogen) atoms. The molecule has 24 heteroatoms. The molecule has 11 aliphatic rings. The van der Waals surface area contributed by atoms with Crippen LogP contribution in [0.1, 0.15) is 422 Å². The van der Waals surface area contributed by atoms with Gasteiger partial charge in [0.25, 0.3) is 36.6 Å². The molecule has 2 aromatic carbocycles. The van der Waals surface area contributed by atoms with Crippen molar-refractivity contribution in [2.75, 3.05) is 18.1 Å². The predicted molar refractivity (Wildman–Crippen MR) is 569 cm³/mol. The normalized spacial score (nSPS) is 21.8. The molecular formula is C119H168N12O11S. The maximum atomic E-state index is 13.5. The highest BCUT2D eigenvalue weighted by Gasteiger charge is 2.47. The smallest absolute Gasteiger partial charge is 0.293 e. The van der Waals surface area contributed by atoms with Gasteiger partial charge in [-0.05, 0) is 301 Å². The van der Waals surface area contributed by atoms with Gasteiger partial charge in [-0.2, -0.15) is 0 Å². The van der Waals surface area contributed by atoms with Crippen molar-refractivity contribution in [2.45, 2.75) is 451 Å². The Bertz CT molecular complexity index is 6070. The van der Waals surface area contributed by atoms with Gasteiger partial charge in [-0.1, -0.05) is 170 Å². The van der Waals surface area contributed by atoms with Crippen LogP contribution in [0.2, 0.25) is 0 Å². The fourth-order valence-electron chi connectivity index (χ4n) is 23.5. The lowest BCUT2D eigenvalue weighted by Gasteiger charge is -2.34. The lowest BCUT2D eigenvalue weighted by Crippen LogP contribution is -2.47. The third-order valence-electron chi connectivity index (χ3n) is 34.4. The Morgan fingerprint density at radius 3 is 0.979 bits per heavy atom. The van der Waals surface area contributed by atoms with Crippen LogP contribution in [-0.2, 0) is 87.6 Å². The van der Waals surface area contributed by atoms with Gasteiger partial charge in [0, 0.05) is 132 Å². The van der Waals surface area contributed by atoms with E-state index >= 15 is 0 Å². The van der Waals surface area contributed by atoms with E-state index in [1.165, 1.54) is 187 Å². The number of benzene rings is 2. The van der Waals surface area contributed by atoms with Crippen molar-refractivity contribution in [3.8, 4) is 45.3 Å². The Morgan fingerprint density at radius 2 is 0.685 bits per heavy atom. The third-order valence-corrected chi connectivity index (χ3v) is 36.2. The van der Waals surface area contributed by atoms with Gasteiger partial charge in [-0.25, -0.2) is 28.4 Å². The lowest BCUT2D eigenvalue weighted by molar-refractivity contribution is -0.139. The fraction of sp³-hybridized carbons (Fsp3) is 0.647. The molecule has 5 N–H and O–H groups in total. The minimum absolute atomic E-state index is 0.0160. The fourth-order valence-corrected chi connectivity index (χ4v) is 25.0. The monoisotopic (exact) mass is 1970 g/mol. The maximum Gasteiger partial charge on any atom is 0.293 e. The average Bonchev–Trinajstić information content (AvgIpc) is 1.59. The van der Waals surface area contributed by atoms with Gasteiger partial charge >= 0.3 is 0 Å². The van der Waals surface area contributed by atoms with Crippen molar-refractivity contribution >= 4 is 46.4 Å².